The van der Waals surface area contributed by atoms with Crippen molar-refractivity contribution < 1.29 is 9.53 Å². The molecule has 0 heterocycles. The van der Waals surface area contributed by atoms with Gasteiger partial charge in [-0.25, -0.2) is 0 Å². The lowest BCUT2D eigenvalue weighted by atomic mass is 9.91. The quantitative estimate of drug-likeness (QED) is 0.830. The molecule has 1 aromatic rings. The highest BCUT2D eigenvalue weighted by molar-refractivity contribution is 5.94. The zero-order chi connectivity index (χ0) is 14.4. The second kappa shape index (κ2) is 7.14. The van der Waals surface area contributed by atoms with E-state index in [1.165, 1.54) is 0 Å². The summed E-state index contributed by atoms with van der Waals surface area (Å²) in [6, 6.07) is 5.73. The fourth-order valence-electron chi connectivity index (χ4n) is 2.09. The standard InChI is InChI=1S/C15H24N2O2/c1-10(2)12(7-8-16)15(18)17-13-9-11(3)5-6-14(13)19-4/h5-6,9-10,12H,7-8,16H2,1-4H3,(H,17,18). The Kier molecular flexibility index (Phi) is 5.83. The van der Waals surface area contributed by atoms with Crippen LogP contribution < -0.4 is 15.8 Å². The number of carbonyl (C=O) groups is 1. The van der Waals surface area contributed by atoms with Crippen LogP contribution in [0.4, 0.5) is 5.69 Å². The minimum absolute atomic E-state index is 0.00403. The maximum absolute atomic E-state index is 12.3. The summed E-state index contributed by atoms with van der Waals surface area (Å²) >= 11 is 0. The molecule has 1 unspecified atom stereocenters. The summed E-state index contributed by atoms with van der Waals surface area (Å²) in [7, 11) is 1.60. The molecule has 0 aliphatic heterocycles. The van der Waals surface area contributed by atoms with Crippen molar-refractivity contribution in [3.05, 3.63) is 23.8 Å². The zero-order valence-corrected chi connectivity index (χ0v) is 12.2. The highest BCUT2D eigenvalue weighted by Crippen LogP contribution is 2.27. The minimum Gasteiger partial charge on any atom is -0.495 e. The summed E-state index contributed by atoms with van der Waals surface area (Å²) in [5.74, 6) is 0.869. The van der Waals surface area contributed by atoms with Crippen molar-refractivity contribution in [2.75, 3.05) is 19.0 Å². The number of nitrogens with one attached hydrogen (secondary N) is 1. The van der Waals surface area contributed by atoms with Crippen LogP contribution in [0.2, 0.25) is 0 Å². The van der Waals surface area contributed by atoms with Gasteiger partial charge in [-0.15, -0.1) is 0 Å². The van der Waals surface area contributed by atoms with Gasteiger partial charge < -0.3 is 15.8 Å². The smallest absolute Gasteiger partial charge is 0.227 e. The van der Waals surface area contributed by atoms with E-state index in [-0.39, 0.29) is 17.7 Å². The molecule has 3 N–H and O–H groups in total. The van der Waals surface area contributed by atoms with Gasteiger partial charge in [0.05, 0.1) is 12.8 Å². The van der Waals surface area contributed by atoms with Crippen molar-refractivity contribution in [1.82, 2.24) is 0 Å². The number of anilines is 1. The predicted octanol–water partition coefficient (Wildman–Crippen LogP) is 2.56. The number of ether oxygens (including phenoxy) is 1. The van der Waals surface area contributed by atoms with Gasteiger partial charge in [0.25, 0.3) is 0 Å². The minimum atomic E-state index is -0.0739. The third kappa shape index (κ3) is 4.24. The first kappa shape index (κ1) is 15.5. The number of hydrogen-bond donors (Lipinski definition) is 2. The van der Waals surface area contributed by atoms with Gasteiger partial charge in [0.1, 0.15) is 5.75 Å². The topological polar surface area (TPSA) is 64.3 Å². The fraction of sp³-hybridized carbons (Fsp3) is 0.533. The van der Waals surface area contributed by atoms with Crippen LogP contribution in [-0.4, -0.2) is 19.6 Å². The van der Waals surface area contributed by atoms with Gasteiger partial charge in [0.15, 0.2) is 0 Å². The van der Waals surface area contributed by atoms with Crippen LogP contribution in [-0.2, 0) is 4.79 Å². The Balaban J connectivity index is 2.88. The molecule has 1 amide bonds. The van der Waals surface area contributed by atoms with E-state index >= 15 is 0 Å². The summed E-state index contributed by atoms with van der Waals surface area (Å²) in [6.07, 6.45) is 0.692. The molecule has 0 radical (unpaired) electrons. The van der Waals surface area contributed by atoms with Crippen LogP contribution >= 0.6 is 0 Å². The van der Waals surface area contributed by atoms with Crippen molar-refractivity contribution in [3.63, 3.8) is 0 Å². The van der Waals surface area contributed by atoms with Crippen molar-refractivity contribution in [2.45, 2.75) is 27.2 Å². The number of methoxy groups -OCH3 is 1. The third-order valence-corrected chi connectivity index (χ3v) is 3.23. The van der Waals surface area contributed by atoms with Crippen molar-refractivity contribution >= 4 is 11.6 Å². The van der Waals surface area contributed by atoms with Crippen LogP contribution in [0.3, 0.4) is 0 Å². The molecule has 0 aliphatic carbocycles. The van der Waals surface area contributed by atoms with E-state index in [1.54, 1.807) is 7.11 Å². The number of rotatable bonds is 6. The van der Waals surface area contributed by atoms with E-state index in [2.05, 4.69) is 5.32 Å². The molecule has 4 nitrogen and oxygen atoms in total. The lowest BCUT2D eigenvalue weighted by molar-refractivity contribution is -0.121. The molecule has 1 atom stereocenters. The molecule has 1 rings (SSSR count). The second-order valence-corrected chi connectivity index (χ2v) is 5.12. The molecular weight excluding hydrogens is 240 g/mol. The fourth-order valence-corrected chi connectivity index (χ4v) is 2.09. The van der Waals surface area contributed by atoms with E-state index in [0.29, 0.717) is 18.7 Å². The third-order valence-electron chi connectivity index (χ3n) is 3.23. The molecule has 0 aliphatic rings. The Morgan fingerprint density at radius 2 is 2.11 bits per heavy atom. The summed E-state index contributed by atoms with van der Waals surface area (Å²) in [5, 5.41) is 2.95. The van der Waals surface area contributed by atoms with Crippen molar-refractivity contribution in [1.29, 1.82) is 0 Å². The van der Waals surface area contributed by atoms with Gasteiger partial charge in [-0.1, -0.05) is 19.9 Å². The molecule has 4 heteroatoms. The molecule has 106 valence electrons. The molecular formula is C15H24N2O2. The van der Waals surface area contributed by atoms with Crippen LogP contribution in [0, 0.1) is 18.8 Å². The summed E-state index contributed by atoms with van der Waals surface area (Å²) in [5.41, 5.74) is 7.37. The van der Waals surface area contributed by atoms with Crippen LogP contribution in [0.1, 0.15) is 25.8 Å². The number of carbonyl (C=O) groups excluding carboxylic acids is 1. The number of hydrogen-bond acceptors (Lipinski definition) is 3. The van der Waals surface area contributed by atoms with E-state index < -0.39 is 0 Å². The predicted molar refractivity (Wildman–Crippen MR) is 78.4 cm³/mol. The molecule has 19 heavy (non-hydrogen) atoms. The van der Waals surface area contributed by atoms with Crippen molar-refractivity contribution in [2.24, 2.45) is 17.6 Å². The van der Waals surface area contributed by atoms with Gasteiger partial charge in [-0.3, -0.25) is 4.79 Å². The molecule has 0 aromatic heterocycles. The molecule has 1 aromatic carbocycles. The summed E-state index contributed by atoms with van der Waals surface area (Å²) < 4.78 is 5.26. The Bertz CT molecular complexity index is 430. The Hall–Kier alpha value is -1.55. The van der Waals surface area contributed by atoms with Gasteiger partial charge in [-0.05, 0) is 43.5 Å². The maximum atomic E-state index is 12.3. The number of benzene rings is 1. The lowest BCUT2D eigenvalue weighted by Gasteiger charge is -2.20. The van der Waals surface area contributed by atoms with Crippen molar-refractivity contribution in [3.8, 4) is 5.75 Å². The molecule has 0 saturated carbocycles. The van der Waals surface area contributed by atoms with E-state index in [0.717, 1.165) is 11.3 Å². The highest BCUT2D eigenvalue weighted by Gasteiger charge is 2.22. The van der Waals surface area contributed by atoms with E-state index in [9.17, 15) is 4.79 Å². The van der Waals surface area contributed by atoms with Gasteiger partial charge in [0.2, 0.25) is 5.91 Å². The summed E-state index contributed by atoms with van der Waals surface area (Å²) in [4.78, 5) is 12.3. The average Bonchev–Trinajstić information content (AvgIpc) is 2.35. The Labute approximate surface area is 115 Å². The Morgan fingerprint density at radius 3 is 2.63 bits per heavy atom. The number of nitrogens with two attached hydrogens (primary N) is 1. The van der Waals surface area contributed by atoms with Crippen LogP contribution in [0.15, 0.2) is 18.2 Å². The van der Waals surface area contributed by atoms with E-state index in [1.807, 2.05) is 39.0 Å². The van der Waals surface area contributed by atoms with Gasteiger partial charge in [-0.2, -0.15) is 0 Å². The lowest BCUT2D eigenvalue weighted by Crippen LogP contribution is -2.29. The van der Waals surface area contributed by atoms with Crippen LogP contribution in [0.5, 0.6) is 5.75 Å². The molecule has 0 saturated heterocycles. The van der Waals surface area contributed by atoms with Gasteiger partial charge >= 0.3 is 0 Å². The Morgan fingerprint density at radius 1 is 1.42 bits per heavy atom. The molecule has 0 bridgehead atoms. The SMILES string of the molecule is COc1ccc(C)cc1NC(=O)C(CCN)C(C)C. The molecule has 0 spiro atoms. The van der Waals surface area contributed by atoms with E-state index in [4.69, 9.17) is 10.5 Å². The average molecular weight is 264 g/mol. The number of aryl methyl sites for hydroxylation is 1. The van der Waals surface area contributed by atoms with Crippen LogP contribution in [0.25, 0.3) is 0 Å². The first-order valence-corrected chi connectivity index (χ1v) is 6.65. The van der Waals surface area contributed by atoms with Gasteiger partial charge in [0, 0.05) is 5.92 Å². The highest BCUT2D eigenvalue weighted by atomic mass is 16.5. The number of amides is 1. The molecule has 0 fully saturated rings. The second-order valence-electron chi connectivity index (χ2n) is 5.12. The largest absolute Gasteiger partial charge is 0.495 e. The monoisotopic (exact) mass is 264 g/mol. The zero-order valence-electron chi connectivity index (χ0n) is 12.2. The normalized spacial score (nSPS) is 12.3. The first-order chi connectivity index (χ1) is 8.99. The first-order valence-electron chi connectivity index (χ1n) is 6.65. The maximum Gasteiger partial charge on any atom is 0.227 e. The summed E-state index contributed by atoms with van der Waals surface area (Å²) in [6.45, 7) is 6.57.